The van der Waals surface area contributed by atoms with Gasteiger partial charge in [0.2, 0.25) is 0 Å². The zero-order valence-corrected chi connectivity index (χ0v) is 44.1. The highest BCUT2D eigenvalue weighted by molar-refractivity contribution is 5.71. The number of hydrogen-bond donors (Lipinski definition) is 0. The topological polar surface area (TPSA) is 78.9 Å². The predicted molar refractivity (Wildman–Crippen MR) is 275 cm³/mol. The number of esters is 3. The van der Waals surface area contributed by atoms with Crippen LogP contribution in [0.2, 0.25) is 0 Å². The largest absolute Gasteiger partial charge is 0.462 e. The summed E-state index contributed by atoms with van der Waals surface area (Å²) in [6.45, 7) is 13.8. The van der Waals surface area contributed by atoms with Gasteiger partial charge in [0.1, 0.15) is 13.2 Å². The molecule has 64 heavy (non-hydrogen) atoms. The highest BCUT2D eigenvalue weighted by atomic mass is 16.6. The molecule has 0 amide bonds. The average Bonchev–Trinajstić information content (AvgIpc) is 3.27. The van der Waals surface area contributed by atoms with E-state index in [0.29, 0.717) is 19.3 Å². The van der Waals surface area contributed by atoms with Gasteiger partial charge in [0.15, 0.2) is 6.10 Å². The molecule has 0 rings (SSSR count). The lowest BCUT2D eigenvalue weighted by Crippen LogP contribution is -2.30. The van der Waals surface area contributed by atoms with Crippen LogP contribution in [-0.2, 0) is 28.6 Å². The molecule has 0 saturated carbocycles. The zero-order chi connectivity index (χ0) is 47.0. The minimum atomic E-state index is -0.764. The highest BCUT2D eigenvalue weighted by Crippen LogP contribution is 2.19. The number of carbonyl (C=O) groups excluding carboxylic acids is 3. The molecule has 0 saturated heterocycles. The molecule has 0 bridgehead atoms. The minimum Gasteiger partial charge on any atom is -0.462 e. The number of ether oxygens (including phenoxy) is 3. The van der Waals surface area contributed by atoms with Crippen molar-refractivity contribution in [1.29, 1.82) is 0 Å². The summed E-state index contributed by atoms with van der Waals surface area (Å²) in [6.07, 6.45) is 51.0. The maximum absolute atomic E-state index is 12.8. The Kier molecular flexibility index (Phi) is 48.1. The van der Waals surface area contributed by atoms with Crippen LogP contribution in [0.15, 0.2) is 0 Å². The van der Waals surface area contributed by atoms with E-state index < -0.39 is 6.10 Å². The van der Waals surface area contributed by atoms with Gasteiger partial charge < -0.3 is 14.2 Å². The molecule has 0 fully saturated rings. The summed E-state index contributed by atoms with van der Waals surface area (Å²) in [5.74, 6) is 1.67. The molecule has 0 aromatic carbocycles. The van der Waals surface area contributed by atoms with E-state index in [9.17, 15) is 14.4 Å². The van der Waals surface area contributed by atoms with Gasteiger partial charge >= 0.3 is 17.9 Å². The van der Waals surface area contributed by atoms with Gasteiger partial charge in [-0.1, -0.05) is 279 Å². The van der Waals surface area contributed by atoms with Crippen molar-refractivity contribution in [3.8, 4) is 0 Å². The standard InChI is InChI=1S/C58H112O6/c1-7-54(6)46-40-34-28-22-18-14-11-12-16-20-24-30-36-42-48-57(60)63-51-55(64-58(61)49-43-37-31-25-27-33-39-45-53(4)5)50-62-56(59)47-41-35-29-23-19-15-10-8-9-13-17-21-26-32-38-44-52(2)3/h52-55H,7-51H2,1-6H3/t54?,55-/m0/s1. The van der Waals surface area contributed by atoms with Crippen LogP contribution >= 0.6 is 0 Å². The van der Waals surface area contributed by atoms with Crippen LogP contribution in [-0.4, -0.2) is 37.2 Å². The third-order valence-corrected chi connectivity index (χ3v) is 13.5. The lowest BCUT2D eigenvalue weighted by atomic mass is 9.99. The highest BCUT2D eigenvalue weighted by Gasteiger charge is 2.19. The number of unbranched alkanes of at least 4 members (excludes halogenated alkanes) is 33. The van der Waals surface area contributed by atoms with Gasteiger partial charge in [-0.25, -0.2) is 0 Å². The van der Waals surface area contributed by atoms with Gasteiger partial charge in [-0.3, -0.25) is 14.4 Å². The van der Waals surface area contributed by atoms with Crippen LogP contribution in [0.3, 0.4) is 0 Å². The summed E-state index contributed by atoms with van der Waals surface area (Å²) < 4.78 is 16.9. The fraction of sp³-hybridized carbons (Fsp3) is 0.948. The number of rotatable bonds is 51. The molecule has 6 heteroatoms. The van der Waals surface area contributed by atoms with Crippen LogP contribution in [0.25, 0.3) is 0 Å². The van der Waals surface area contributed by atoms with Crippen molar-refractivity contribution in [2.45, 2.75) is 324 Å². The second-order valence-electron chi connectivity index (χ2n) is 21.1. The molecule has 0 aliphatic heterocycles. The van der Waals surface area contributed by atoms with E-state index >= 15 is 0 Å². The number of hydrogen-bond acceptors (Lipinski definition) is 6. The first-order valence-corrected chi connectivity index (χ1v) is 28.6. The third kappa shape index (κ3) is 49.8. The Hall–Kier alpha value is -1.59. The minimum absolute atomic E-state index is 0.0644. The van der Waals surface area contributed by atoms with E-state index in [1.54, 1.807) is 0 Å². The molecule has 6 nitrogen and oxygen atoms in total. The van der Waals surface area contributed by atoms with Gasteiger partial charge in [-0.15, -0.1) is 0 Å². The lowest BCUT2D eigenvalue weighted by Gasteiger charge is -2.18. The third-order valence-electron chi connectivity index (χ3n) is 13.5. The SMILES string of the molecule is CCC(C)CCCCCCCCCCCCCCCCC(=O)OC[C@H](COC(=O)CCCCCCCCCCCCCCCCCC(C)C)OC(=O)CCCCCCCCCC(C)C. The molecule has 0 aliphatic carbocycles. The summed E-state index contributed by atoms with van der Waals surface area (Å²) in [7, 11) is 0. The van der Waals surface area contributed by atoms with Crippen molar-refractivity contribution in [2.75, 3.05) is 13.2 Å². The number of carbonyl (C=O) groups is 3. The molecule has 2 atom stereocenters. The van der Waals surface area contributed by atoms with Crippen molar-refractivity contribution < 1.29 is 28.6 Å². The molecule has 0 aromatic rings. The normalized spacial score (nSPS) is 12.6. The van der Waals surface area contributed by atoms with E-state index in [-0.39, 0.29) is 31.1 Å². The van der Waals surface area contributed by atoms with E-state index in [1.807, 2.05) is 0 Å². The Labute approximate surface area is 399 Å². The second-order valence-corrected chi connectivity index (χ2v) is 21.1. The molecular weight excluding hydrogens is 793 g/mol. The first-order valence-electron chi connectivity index (χ1n) is 28.6. The first-order chi connectivity index (χ1) is 31.1. The second kappa shape index (κ2) is 49.3. The van der Waals surface area contributed by atoms with Crippen molar-refractivity contribution in [3.63, 3.8) is 0 Å². The molecular formula is C58H112O6. The fourth-order valence-electron chi connectivity index (χ4n) is 8.79. The smallest absolute Gasteiger partial charge is 0.306 e. The molecule has 0 heterocycles. The average molecular weight is 906 g/mol. The summed E-state index contributed by atoms with van der Waals surface area (Å²) in [5.41, 5.74) is 0. The molecule has 380 valence electrons. The Morgan fingerprint density at radius 3 is 0.812 bits per heavy atom. The molecule has 0 aliphatic rings. The predicted octanol–water partition coefficient (Wildman–Crippen LogP) is 18.7. The Balaban J connectivity index is 4.22. The Bertz CT molecular complexity index is 993. The van der Waals surface area contributed by atoms with E-state index in [4.69, 9.17) is 14.2 Å². The van der Waals surface area contributed by atoms with Gasteiger partial charge in [-0.2, -0.15) is 0 Å². The first kappa shape index (κ1) is 62.4. The van der Waals surface area contributed by atoms with Crippen LogP contribution in [0.1, 0.15) is 318 Å². The fourth-order valence-corrected chi connectivity index (χ4v) is 8.79. The van der Waals surface area contributed by atoms with Crippen molar-refractivity contribution in [2.24, 2.45) is 17.8 Å². The van der Waals surface area contributed by atoms with Crippen LogP contribution < -0.4 is 0 Å². The monoisotopic (exact) mass is 905 g/mol. The summed E-state index contributed by atoms with van der Waals surface area (Å²) in [5, 5.41) is 0. The lowest BCUT2D eigenvalue weighted by molar-refractivity contribution is -0.167. The van der Waals surface area contributed by atoms with Gasteiger partial charge in [-0.05, 0) is 37.0 Å². The summed E-state index contributed by atoms with van der Waals surface area (Å²) >= 11 is 0. The summed E-state index contributed by atoms with van der Waals surface area (Å²) in [4.78, 5) is 38.1. The van der Waals surface area contributed by atoms with Crippen LogP contribution in [0.4, 0.5) is 0 Å². The van der Waals surface area contributed by atoms with Gasteiger partial charge in [0.25, 0.3) is 0 Å². The van der Waals surface area contributed by atoms with E-state index in [0.717, 1.165) is 75.5 Å². The van der Waals surface area contributed by atoms with Gasteiger partial charge in [0, 0.05) is 19.3 Å². The molecule has 0 aromatic heterocycles. The Morgan fingerprint density at radius 1 is 0.312 bits per heavy atom. The molecule has 1 unspecified atom stereocenters. The van der Waals surface area contributed by atoms with Crippen LogP contribution in [0.5, 0.6) is 0 Å². The maximum Gasteiger partial charge on any atom is 0.306 e. The molecule has 0 radical (unpaired) electrons. The quantitative estimate of drug-likeness (QED) is 0.0344. The van der Waals surface area contributed by atoms with Gasteiger partial charge in [0.05, 0.1) is 0 Å². The van der Waals surface area contributed by atoms with E-state index in [1.165, 1.54) is 199 Å². The Morgan fingerprint density at radius 2 is 0.547 bits per heavy atom. The van der Waals surface area contributed by atoms with E-state index in [2.05, 4.69) is 41.5 Å². The van der Waals surface area contributed by atoms with Crippen LogP contribution in [0, 0.1) is 17.8 Å². The molecule has 0 spiro atoms. The van der Waals surface area contributed by atoms with Crippen molar-refractivity contribution >= 4 is 17.9 Å². The maximum atomic E-state index is 12.8. The van der Waals surface area contributed by atoms with Crippen molar-refractivity contribution in [3.05, 3.63) is 0 Å². The zero-order valence-electron chi connectivity index (χ0n) is 44.1. The molecule has 0 N–H and O–H groups in total. The van der Waals surface area contributed by atoms with Crippen molar-refractivity contribution in [1.82, 2.24) is 0 Å². The summed E-state index contributed by atoms with van der Waals surface area (Å²) in [6, 6.07) is 0.